The highest BCUT2D eigenvalue weighted by Crippen LogP contribution is 1.99. The second-order valence-electron chi connectivity index (χ2n) is 1.78. The van der Waals surface area contributed by atoms with E-state index in [-0.39, 0.29) is 6.04 Å². The van der Waals surface area contributed by atoms with Crippen molar-refractivity contribution in [2.24, 2.45) is 5.11 Å². The van der Waals surface area contributed by atoms with Gasteiger partial charge in [-0.2, -0.15) is 5.11 Å². The minimum absolute atomic E-state index is 0.278. The minimum Gasteiger partial charge on any atom is -0.314 e. The molecule has 3 heteroatoms. The van der Waals surface area contributed by atoms with Gasteiger partial charge in [0.15, 0.2) is 0 Å². The molecule has 0 spiro atoms. The molecule has 0 aromatic heterocycles. The van der Waals surface area contributed by atoms with E-state index in [2.05, 4.69) is 10.4 Å². The molecule has 3 nitrogen and oxygen atoms in total. The summed E-state index contributed by atoms with van der Waals surface area (Å²) in [4.78, 5) is 0. The third-order valence-electron chi connectivity index (χ3n) is 1.22. The maximum absolute atomic E-state index is 6.58. The van der Waals surface area contributed by atoms with Gasteiger partial charge >= 0.3 is 0 Å². The maximum Gasteiger partial charge on any atom is 0.0841 e. The summed E-state index contributed by atoms with van der Waals surface area (Å²) in [6.45, 7) is 1.94. The molecule has 7 heavy (non-hydrogen) atoms. The Hall–Kier alpha value is -0.440. The Morgan fingerprint density at radius 1 is 1.71 bits per heavy atom. The van der Waals surface area contributed by atoms with E-state index in [0.29, 0.717) is 0 Å². The van der Waals surface area contributed by atoms with E-state index in [0.717, 1.165) is 19.5 Å². The zero-order valence-corrected chi connectivity index (χ0v) is 4.15. The molecule has 1 fully saturated rings. The molecule has 0 unspecified atom stereocenters. The molecule has 0 radical (unpaired) electrons. The van der Waals surface area contributed by atoms with Crippen LogP contribution in [0.15, 0.2) is 5.11 Å². The molecule has 0 aromatic rings. The Kier molecular flexibility index (Phi) is 1.36. The Morgan fingerprint density at radius 3 is 2.86 bits per heavy atom. The van der Waals surface area contributed by atoms with E-state index < -0.39 is 0 Å². The lowest BCUT2D eigenvalue weighted by Gasteiger charge is -1.91. The van der Waals surface area contributed by atoms with Crippen LogP contribution in [0.3, 0.4) is 0 Å². The van der Waals surface area contributed by atoms with E-state index in [4.69, 9.17) is 5.53 Å². The van der Waals surface area contributed by atoms with Crippen molar-refractivity contribution >= 4 is 0 Å². The standard InChI is InChI=1S/C4H9N3/c5-7-4-1-2-6-3-4/h4-6H,1-3H2/t4-/m0/s1. The monoisotopic (exact) mass is 99.1 g/mol. The van der Waals surface area contributed by atoms with Crippen molar-refractivity contribution in [1.82, 2.24) is 5.32 Å². The molecule has 0 aromatic carbocycles. The van der Waals surface area contributed by atoms with Gasteiger partial charge in [0.1, 0.15) is 0 Å². The number of nitrogens with zero attached hydrogens (tertiary/aromatic N) is 1. The highest BCUT2D eigenvalue weighted by molar-refractivity contribution is 4.74. The lowest BCUT2D eigenvalue weighted by Crippen LogP contribution is -2.10. The number of hydrogen-bond acceptors (Lipinski definition) is 3. The number of rotatable bonds is 1. The molecule has 1 atom stereocenters. The molecule has 1 saturated heterocycles. The second kappa shape index (κ2) is 2.02. The van der Waals surface area contributed by atoms with Crippen LogP contribution in [-0.2, 0) is 0 Å². The third kappa shape index (κ3) is 0.962. The third-order valence-corrected chi connectivity index (χ3v) is 1.22. The summed E-state index contributed by atoms with van der Waals surface area (Å²) in [6.07, 6.45) is 1.05. The first-order valence-corrected chi connectivity index (χ1v) is 2.51. The zero-order chi connectivity index (χ0) is 5.11. The molecule has 1 heterocycles. The summed E-state index contributed by atoms with van der Waals surface area (Å²) in [5.41, 5.74) is 6.58. The average molecular weight is 99.1 g/mol. The van der Waals surface area contributed by atoms with Gasteiger partial charge in [-0.25, -0.2) is 5.53 Å². The topological polar surface area (TPSA) is 48.2 Å². The Balaban J connectivity index is 2.26. The largest absolute Gasteiger partial charge is 0.314 e. The van der Waals surface area contributed by atoms with E-state index >= 15 is 0 Å². The summed E-state index contributed by atoms with van der Waals surface area (Å²) in [5, 5.41) is 6.48. The minimum atomic E-state index is 0.278. The van der Waals surface area contributed by atoms with Crippen LogP contribution in [0.25, 0.3) is 0 Å². The SMILES string of the molecule is N=N[C@H]1CCNC1. The molecule has 1 rings (SSSR count). The van der Waals surface area contributed by atoms with Crippen molar-refractivity contribution in [3.05, 3.63) is 0 Å². The molecule has 40 valence electrons. The van der Waals surface area contributed by atoms with Gasteiger partial charge in [-0.3, -0.25) is 0 Å². The first kappa shape index (κ1) is 4.71. The molecular formula is C4H9N3. The van der Waals surface area contributed by atoms with E-state index in [9.17, 15) is 0 Å². The van der Waals surface area contributed by atoms with Crippen molar-refractivity contribution < 1.29 is 0 Å². The molecule has 1 aliphatic heterocycles. The molecule has 0 bridgehead atoms. The van der Waals surface area contributed by atoms with Crippen LogP contribution in [0.2, 0.25) is 0 Å². The van der Waals surface area contributed by atoms with Crippen LogP contribution in [0.5, 0.6) is 0 Å². The molecule has 1 aliphatic rings. The van der Waals surface area contributed by atoms with Gasteiger partial charge in [-0.15, -0.1) is 0 Å². The fourth-order valence-corrected chi connectivity index (χ4v) is 0.750. The van der Waals surface area contributed by atoms with Gasteiger partial charge in [0, 0.05) is 6.54 Å². The average Bonchev–Trinajstić information content (AvgIpc) is 2.14. The van der Waals surface area contributed by atoms with Gasteiger partial charge < -0.3 is 5.32 Å². The summed E-state index contributed by atoms with van der Waals surface area (Å²) in [5.74, 6) is 0. The number of nitrogens with one attached hydrogen (secondary N) is 2. The van der Waals surface area contributed by atoms with Crippen LogP contribution in [-0.4, -0.2) is 19.1 Å². The second-order valence-corrected chi connectivity index (χ2v) is 1.78. The van der Waals surface area contributed by atoms with Crippen LogP contribution in [0, 0.1) is 5.53 Å². The predicted octanol–water partition coefficient (Wildman–Crippen LogP) is 0.379. The van der Waals surface area contributed by atoms with Crippen molar-refractivity contribution in [2.75, 3.05) is 13.1 Å². The first-order chi connectivity index (χ1) is 3.43. The summed E-state index contributed by atoms with van der Waals surface area (Å²) < 4.78 is 0. The van der Waals surface area contributed by atoms with Crippen molar-refractivity contribution in [3.63, 3.8) is 0 Å². The fraction of sp³-hybridized carbons (Fsp3) is 1.00. The normalized spacial score (nSPS) is 30.6. The Morgan fingerprint density at radius 2 is 2.57 bits per heavy atom. The predicted molar refractivity (Wildman–Crippen MR) is 26.4 cm³/mol. The van der Waals surface area contributed by atoms with Crippen molar-refractivity contribution in [3.8, 4) is 0 Å². The lowest BCUT2D eigenvalue weighted by atomic mass is 10.3. The number of hydrogen-bond donors (Lipinski definition) is 2. The van der Waals surface area contributed by atoms with Crippen molar-refractivity contribution in [1.29, 1.82) is 5.53 Å². The van der Waals surface area contributed by atoms with Crippen molar-refractivity contribution in [2.45, 2.75) is 12.5 Å². The Bertz CT molecular complexity index is 65.3. The summed E-state index contributed by atoms with van der Waals surface area (Å²) in [7, 11) is 0. The zero-order valence-electron chi connectivity index (χ0n) is 4.15. The highest BCUT2D eigenvalue weighted by atomic mass is 15.1. The maximum atomic E-state index is 6.58. The van der Waals surface area contributed by atoms with E-state index in [1.807, 2.05) is 0 Å². The van der Waals surface area contributed by atoms with Gasteiger partial charge in [0.05, 0.1) is 6.04 Å². The van der Waals surface area contributed by atoms with Gasteiger partial charge in [0.2, 0.25) is 0 Å². The quantitative estimate of drug-likeness (QED) is 0.459. The summed E-state index contributed by atoms with van der Waals surface area (Å²) >= 11 is 0. The van der Waals surface area contributed by atoms with Gasteiger partial charge in [-0.05, 0) is 13.0 Å². The fourth-order valence-electron chi connectivity index (χ4n) is 0.750. The molecule has 2 N–H and O–H groups in total. The molecule has 0 amide bonds. The summed E-state index contributed by atoms with van der Waals surface area (Å²) in [6, 6.07) is 0.278. The lowest BCUT2D eigenvalue weighted by molar-refractivity contribution is 0.681. The van der Waals surface area contributed by atoms with Crippen LogP contribution >= 0.6 is 0 Å². The smallest absolute Gasteiger partial charge is 0.0841 e. The van der Waals surface area contributed by atoms with Gasteiger partial charge in [-0.1, -0.05) is 0 Å². The Labute approximate surface area is 42.6 Å². The highest BCUT2D eigenvalue weighted by Gasteiger charge is 2.10. The van der Waals surface area contributed by atoms with Gasteiger partial charge in [0.25, 0.3) is 0 Å². The molecule has 0 saturated carbocycles. The van der Waals surface area contributed by atoms with Crippen LogP contribution in [0.1, 0.15) is 6.42 Å². The first-order valence-electron chi connectivity index (χ1n) is 2.51. The van der Waals surface area contributed by atoms with E-state index in [1.54, 1.807) is 0 Å². The van der Waals surface area contributed by atoms with Crippen LogP contribution in [0.4, 0.5) is 0 Å². The molecular weight excluding hydrogens is 90.1 g/mol. The van der Waals surface area contributed by atoms with Crippen LogP contribution < -0.4 is 5.32 Å². The molecule has 0 aliphatic carbocycles. The van der Waals surface area contributed by atoms with E-state index in [1.165, 1.54) is 0 Å².